The first-order valence-corrected chi connectivity index (χ1v) is 12.4. The number of para-hydroxylation sites is 1. The van der Waals surface area contributed by atoms with E-state index in [1.54, 1.807) is 18.2 Å². The summed E-state index contributed by atoms with van der Waals surface area (Å²) in [6, 6.07) is 13.8. The molecule has 0 spiro atoms. The van der Waals surface area contributed by atoms with Gasteiger partial charge in [0.2, 0.25) is 5.78 Å². The first-order chi connectivity index (χ1) is 17.2. The van der Waals surface area contributed by atoms with Crippen LogP contribution in [0.25, 0.3) is 11.0 Å². The maximum atomic E-state index is 13.8. The van der Waals surface area contributed by atoms with Crippen molar-refractivity contribution in [3.8, 4) is 5.75 Å². The van der Waals surface area contributed by atoms with Gasteiger partial charge in [0.15, 0.2) is 28.0 Å². The van der Waals surface area contributed by atoms with Crippen LogP contribution in [0.1, 0.15) is 58.1 Å². The number of carbonyl (C=O) groups is 2. The molecule has 0 aliphatic carbocycles. The highest BCUT2D eigenvalue weighted by atomic mass is 32.1. The quantitative estimate of drug-likeness (QED) is 0.306. The topological polar surface area (TPSA) is 92.9 Å². The Bertz CT molecular complexity index is 1510. The number of methoxy groups -OCH3 is 1. The van der Waals surface area contributed by atoms with E-state index in [-0.39, 0.29) is 11.3 Å². The van der Waals surface area contributed by atoms with Crippen molar-refractivity contribution in [1.82, 2.24) is 4.98 Å². The number of carbonyl (C=O) groups excluding carboxylic acids is 2. The van der Waals surface area contributed by atoms with Gasteiger partial charge in [-0.2, -0.15) is 0 Å². The molecule has 1 aliphatic heterocycles. The Hall–Kier alpha value is -3.91. The van der Waals surface area contributed by atoms with Crippen LogP contribution in [0.2, 0.25) is 0 Å². The van der Waals surface area contributed by atoms with Gasteiger partial charge in [-0.1, -0.05) is 50.2 Å². The summed E-state index contributed by atoms with van der Waals surface area (Å²) in [5, 5.41) is 12.1. The van der Waals surface area contributed by atoms with E-state index in [2.05, 4.69) is 18.8 Å². The van der Waals surface area contributed by atoms with Gasteiger partial charge in [-0.15, -0.1) is 11.3 Å². The highest BCUT2D eigenvalue weighted by Gasteiger charge is 2.46. The zero-order chi connectivity index (χ0) is 25.7. The van der Waals surface area contributed by atoms with Crippen molar-refractivity contribution in [1.29, 1.82) is 0 Å². The van der Waals surface area contributed by atoms with Crippen molar-refractivity contribution in [3.63, 3.8) is 0 Å². The number of hydrogen-bond acceptors (Lipinski definition) is 7. The van der Waals surface area contributed by atoms with E-state index >= 15 is 0 Å². The summed E-state index contributed by atoms with van der Waals surface area (Å²) < 4.78 is 11.2. The van der Waals surface area contributed by atoms with Crippen LogP contribution in [0, 0.1) is 13.8 Å². The highest BCUT2D eigenvalue weighted by Crippen LogP contribution is 2.44. The number of rotatable bonds is 6. The number of fused-ring (bicyclic) bond motifs is 1. The summed E-state index contributed by atoms with van der Waals surface area (Å²) in [7, 11) is 1.52. The maximum Gasteiger partial charge on any atom is 0.296 e. The molecule has 2 aromatic carbocycles. The van der Waals surface area contributed by atoms with Crippen LogP contribution < -0.4 is 9.64 Å². The first kappa shape index (κ1) is 23.8. The molecule has 1 amide bonds. The fourth-order valence-corrected chi connectivity index (χ4v) is 5.35. The number of aromatic nitrogens is 1. The molecule has 7 nitrogen and oxygen atoms in total. The van der Waals surface area contributed by atoms with Gasteiger partial charge in [-0.3, -0.25) is 14.5 Å². The number of nitrogens with zero attached hydrogens (tertiary/aromatic N) is 2. The molecule has 0 saturated heterocycles. The molecule has 0 fully saturated rings. The molecule has 0 saturated carbocycles. The third-order valence-electron chi connectivity index (χ3n) is 6.55. The number of aryl methyl sites for hydroxylation is 2. The average Bonchev–Trinajstić information content (AvgIpc) is 3.52. The Kier molecular flexibility index (Phi) is 5.92. The van der Waals surface area contributed by atoms with E-state index in [0.717, 1.165) is 16.1 Å². The predicted octanol–water partition coefficient (Wildman–Crippen LogP) is 6.42. The number of anilines is 1. The molecule has 1 atom stereocenters. The average molecular weight is 503 g/mol. The molecule has 5 rings (SSSR count). The summed E-state index contributed by atoms with van der Waals surface area (Å²) in [5.41, 5.74) is 3.00. The number of ether oxygens (including phenoxy) is 1. The third kappa shape index (κ3) is 3.78. The molecule has 36 heavy (non-hydrogen) atoms. The zero-order valence-electron chi connectivity index (χ0n) is 20.7. The lowest BCUT2D eigenvalue weighted by Gasteiger charge is -2.24. The van der Waals surface area contributed by atoms with E-state index in [0.29, 0.717) is 33.3 Å². The molecule has 1 aliphatic rings. The molecule has 184 valence electrons. The van der Waals surface area contributed by atoms with Crippen LogP contribution in [0.5, 0.6) is 5.75 Å². The van der Waals surface area contributed by atoms with Crippen molar-refractivity contribution in [2.75, 3.05) is 12.0 Å². The monoisotopic (exact) mass is 502 g/mol. The number of furan rings is 1. The minimum atomic E-state index is -0.855. The Labute approximate surface area is 212 Å². The number of hydrogen-bond donors (Lipinski definition) is 1. The van der Waals surface area contributed by atoms with E-state index in [4.69, 9.17) is 9.15 Å². The predicted molar refractivity (Wildman–Crippen MR) is 139 cm³/mol. The largest absolute Gasteiger partial charge is 0.503 e. The zero-order valence-corrected chi connectivity index (χ0v) is 21.5. The molecule has 1 unspecified atom stereocenters. The van der Waals surface area contributed by atoms with Gasteiger partial charge >= 0.3 is 0 Å². The van der Waals surface area contributed by atoms with Crippen molar-refractivity contribution >= 4 is 39.1 Å². The summed E-state index contributed by atoms with van der Waals surface area (Å²) >= 11 is 1.35. The van der Waals surface area contributed by atoms with E-state index in [9.17, 15) is 14.7 Å². The van der Waals surface area contributed by atoms with Gasteiger partial charge in [0.1, 0.15) is 0 Å². The van der Waals surface area contributed by atoms with Crippen molar-refractivity contribution in [2.45, 2.75) is 39.7 Å². The molecule has 1 N–H and O–H groups in total. The number of aliphatic hydroxyl groups excluding tert-OH is 1. The lowest BCUT2D eigenvalue weighted by molar-refractivity contribution is -0.117. The van der Waals surface area contributed by atoms with Gasteiger partial charge in [0, 0.05) is 10.3 Å². The first-order valence-electron chi connectivity index (χ1n) is 11.6. The molecule has 0 bridgehead atoms. The van der Waals surface area contributed by atoms with E-state index in [1.165, 1.54) is 23.3 Å². The number of aliphatic hydroxyl groups is 1. The van der Waals surface area contributed by atoms with Gasteiger partial charge in [-0.05, 0) is 43.0 Å². The van der Waals surface area contributed by atoms with Crippen LogP contribution in [0.4, 0.5) is 5.13 Å². The highest BCUT2D eigenvalue weighted by molar-refractivity contribution is 7.15. The molecular weight excluding hydrogens is 476 g/mol. The fourth-order valence-electron chi connectivity index (χ4n) is 4.41. The SMILES string of the molecule is COc1cccc2cc(C(=O)C3=C(O)C(=O)N(c4nc(C)c(C)s4)C3c3ccc(C(C)C)cc3)oc12. The minimum absolute atomic E-state index is 0.0148. The summed E-state index contributed by atoms with van der Waals surface area (Å²) in [4.78, 5) is 34.1. The van der Waals surface area contributed by atoms with E-state index in [1.807, 2.05) is 44.2 Å². The Morgan fingerprint density at radius 3 is 2.50 bits per heavy atom. The Morgan fingerprint density at radius 1 is 1.17 bits per heavy atom. The standard InChI is InChI=1S/C28H26N2O5S/c1-14(2)17-9-11-18(12-10-17)23-22(25(32)27(33)30(23)28-29-15(3)16(4)36-28)24(31)21-13-19-7-6-8-20(34-5)26(19)35-21/h6-14,23,32H,1-5H3. The van der Waals surface area contributed by atoms with Gasteiger partial charge in [0.25, 0.3) is 5.91 Å². The van der Waals surface area contributed by atoms with Crippen LogP contribution >= 0.6 is 11.3 Å². The smallest absolute Gasteiger partial charge is 0.296 e. The third-order valence-corrected chi connectivity index (χ3v) is 7.62. The molecule has 3 heterocycles. The molecular formula is C28H26N2O5S. The van der Waals surface area contributed by atoms with Gasteiger partial charge in [-0.25, -0.2) is 4.98 Å². The van der Waals surface area contributed by atoms with Gasteiger partial charge < -0.3 is 14.3 Å². The lowest BCUT2D eigenvalue weighted by Crippen LogP contribution is -2.31. The Morgan fingerprint density at radius 2 is 1.89 bits per heavy atom. The van der Waals surface area contributed by atoms with Crippen LogP contribution in [0.15, 0.2) is 64.3 Å². The molecule has 0 radical (unpaired) electrons. The molecule has 4 aromatic rings. The van der Waals surface area contributed by atoms with Crippen LogP contribution in [-0.4, -0.2) is 28.9 Å². The number of Topliss-reactive ketones (excluding diaryl/α,β-unsaturated/α-hetero) is 1. The van der Waals surface area contributed by atoms with Crippen LogP contribution in [0.3, 0.4) is 0 Å². The fraction of sp³-hybridized carbons (Fsp3) is 0.250. The second-order valence-electron chi connectivity index (χ2n) is 9.12. The molecule has 8 heteroatoms. The second kappa shape index (κ2) is 8.95. The Balaban J connectivity index is 1.65. The van der Waals surface area contributed by atoms with Gasteiger partial charge in [0.05, 0.1) is 24.4 Å². The second-order valence-corrected chi connectivity index (χ2v) is 10.3. The summed E-state index contributed by atoms with van der Waals surface area (Å²) in [6.45, 7) is 7.98. The lowest BCUT2D eigenvalue weighted by atomic mass is 9.93. The number of ketones is 1. The number of benzene rings is 2. The maximum absolute atomic E-state index is 13.8. The van der Waals surface area contributed by atoms with Crippen molar-refractivity contribution in [2.24, 2.45) is 0 Å². The van der Waals surface area contributed by atoms with Crippen LogP contribution in [-0.2, 0) is 4.79 Å². The summed E-state index contributed by atoms with van der Waals surface area (Å²) in [6.07, 6.45) is 0. The van der Waals surface area contributed by atoms with Crippen molar-refractivity contribution in [3.05, 3.63) is 87.3 Å². The van der Waals surface area contributed by atoms with Crippen molar-refractivity contribution < 1.29 is 23.8 Å². The number of thiazole rings is 1. The summed E-state index contributed by atoms with van der Waals surface area (Å²) in [5.74, 6) is -1.01. The minimum Gasteiger partial charge on any atom is -0.503 e. The normalized spacial score (nSPS) is 16.0. The van der Waals surface area contributed by atoms with E-state index < -0.39 is 23.5 Å². The number of amides is 1. The molecule has 2 aromatic heterocycles.